The third kappa shape index (κ3) is 6.09. The maximum atomic E-state index is 13.7. The van der Waals surface area contributed by atoms with E-state index in [0.29, 0.717) is 11.3 Å². The molecule has 1 aromatic heterocycles. The highest BCUT2D eigenvalue weighted by Crippen LogP contribution is 2.27. The predicted octanol–water partition coefficient (Wildman–Crippen LogP) is 3.55. The van der Waals surface area contributed by atoms with Gasteiger partial charge in [0.2, 0.25) is 0 Å². The standard InChI is InChI=1S/C29H35N5O3/c1-20-8-9-23(28(35)31-24-10-11-24)18-25(20)34-13-12-30-27(29(34)36)32-26(22-6-4-3-5-7-22)21(2)19-33-14-16-37-17-15-33/h3-9,12-13,18,21,24,26H,10-11,14-17,19H2,1-2H3,(H,30,32)(H,31,35)/t21-,26+/m0/s1. The molecule has 2 aromatic carbocycles. The molecule has 1 saturated carbocycles. The summed E-state index contributed by atoms with van der Waals surface area (Å²) in [6.07, 6.45) is 5.34. The second-order valence-electron chi connectivity index (χ2n) is 10.1. The van der Waals surface area contributed by atoms with E-state index in [-0.39, 0.29) is 35.3 Å². The number of carbonyl (C=O) groups excluding carboxylic acids is 1. The number of anilines is 1. The number of rotatable bonds is 9. The third-order valence-electron chi connectivity index (χ3n) is 7.15. The summed E-state index contributed by atoms with van der Waals surface area (Å²) in [5, 5.41) is 6.49. The minimum atomic E-state index is -0.246. The topological polar surface area (TPSA) is 88.5 Å². The minimum absolute atomic E-state index is 0.100. The molecule has 1 amide bonds. The molecule has 1 saturated heterocycles. The first-order chi connectivity index (χ1) is 18.0. The molecule has 1 aliphatic carbocycles. The van der Waals surface area contributed by atoms with E-state index in [9.17, 15) is 9.59 Å². The Morgan fingerprint density at radius 3 is 2.62 bits per heavy atom. The summed E-state index contributed by atoms with van der Waals surface area (Å²) >= 11 is 0. The molecule has 37 heavy (non-hydrogen) atoms. The molecule has 1 aliphatic heterocycles. The van der Waals surface area contributed by atoms with Gasteiger partial charge < -0.3 is 15.4 Å². The van der Waals surface area contributed by atoms with Crippen molar-refractivity contribution in [2.24, 2.45) is 5.92 Å². The van der Waals surface area contributed by atoms with Gasteiger partial charge in [-0.3, -0.25) is 19.1 Å². The molecule has 5 rings (SSSR count). The van der Waals surface area contributed by atoms with Crippen molar-refractivity contribution in [3.63, 3.8) is 0 Å². The summed E-state index contributed by atoms with van der Waals surface area (Å²) < 4.78 is 7.09. The summed E-state index contributed by atoms with van der Waals surface area (Å²) in [5.74, 6) is 0.397. The Balaban J connectivity index is 1.43. The molecule has 194 valence electrons. The number of aryl methyl sites for hydroxylation is 1. The lowest BCUT2D eigenvalue weighted by Crippen LogP contribution is -2.41. The first-order valence-electron chi connectivity index (χ1n) is 13.1. The number of amides is 1. The smallest absolute Gasteiger partial charge is 0.297 e. The molecule has 8 nitrogen and oxygen atoms in total. The molecule has 2 atom stereocenters. The van der Waals surface area contributed by atoms with Gasteiger partial charge in [0, 0.05) is 43.6 Å². The van der Waals surface area contributed by atoms with Crippen LogP contribution in [0.5, 0.6) is 0 Å². The van der Waals surface area contributed by atoms with E-state index in [2.05, 4.69) is 39.6 Å². The van der Waals surface area contributed by atoms with Gasteiger partial charge in [-0.15, -0.1) is 0 Å². The van der Waals surface area contributed by atoms with E-state index in [1.807, 2.05) is 31.2 Å². The van der Waals surface area contributed by atoms with Crippen LogP contribution in [0.25, 0.3) is 5.69 Å². The van der Waals surface area contributed by atoms with E-state index < -0.39 is 0 Å². The molecule has 0 spiro atoms. The lowest BCUT2D eigenvalue weighted by molar-refractivity contribution is 0.0305. The normalized spacial score (nSPS) is 17.7. The first kappa shape index (κ1) is 25.2. The van der Waals surface area contributed by atoms with Gasteiger partial charge in [-0.25, -0.2) is 4.98 Å². The van der Waals surface area contributed by atoms with Gasteiger partial charge in [-0.2, -0.15) is 0 Å². The average Bonchev–Trinajstić information content (AvgIpc) is 3.73. The Bertz CT molecular complexity index is 1280. The summed E-state index contributed by atoms with van der Waals surface area (Å²) in [5.41, 5.74) is 2.99. The lowest BCUT2D eigenvalue weighted by Gasteiger charge is -2.33. The fraction of sp³-hybridized carbons (Fsp3) is 0.414. The van der Waals surface area contributed by atoms with E-state index in [4.69, 9.17) is 4.74 Å². The van der Waals surface area contributed by atoms with Crippen LogP contribution in [0.4, 0.5) is 5.82 Å². The molecule has 0 unspecified atom stereocenters. The fourth-order valence-electron chi connectivity index (χ4n) is 4.87. The average molecular weight is 502 g/mol. The summed E-state index contributed by atoms with van der Waals surface area (Å²) in [4.78, 5) is 33.2. The van der Waals surface area contributed by atoms with Crippen molar-refractivity contribution in [1.29, 1.82) is 0 Å². The molecule has 3 aromatic rings. The van der Waals surface area contributed by atoms with Crippen LogP contribution in [0, 0.1) is 12.8 Å². The van der Waals surface area contributed by atoms with Crippen molar-refractivity contribution in [3.05, 3.63) is 88.0 Å². The van der Waals surface area contributed by atoms with Crippen LogP contribution in [-0.4, -0.2) is 59.2 Å². The van der Waals surface area contributed by atoms with Crippen LogP contribution in [-0.2, 0) is 4.74 Å². The van der Waals surface area contributed by atoms with Gasteiger partial charge in [-0.1, -0.05) is 43.3 Å². The van der Waals surface area contributed by atoms with Crippen LogP contribution in [0.2, 0.25) is 0 Å². The number of morpholine rings is 1. The van der Waals surface area contributed by atoms with E-state index >= 15 is 0 Å². The van der Waals surface area contributed by atoms with E-state index in [0.717, 1.165) is 56.8 Å². The van der Waals surface area contributed by atoms with Crippen molar-refractivity contribution >= 4 is 11.7 Å². The van der Waals surface area contributed by atoms with Crippen molar-refractivity contribution in [1.82, 2.24) is 19.8 Å². The maximum Gasteiger partial charge on any atom is 0.297 e. The summed E-state index contributed by atoms with van der Waals surface area (Å²) in [7, 11) is 0. The second kappa shape index (κ2) is 11.3. The van der Waals surface area contributed by atoms with Gasteiger partial charge in [0.15, 0.2) is 5.82 Å². The zero-order valence-electron chi connectivity index (χ0n) is 21.5. The number of hydrogen-bond acceptors (Lipinski definition) is 6. The molecular formula is C29H35N5O3. The van der Waals surface area contributed by atoms with Gasteiger partial charge in [0.1, 0.15) is 0 Å². The Morgan fingerprint density at radius 2 is 1.89 bits per heavy atom. The van der Waals surface area contributed by atoms with Crippen LogP contribution in [0.15, 0.2) is 65.7 Å². The molecule has 2 aliphatic rings. The van der Waals surface area contributed by atoms with Crippen molar-refractivity contribution < 1.29 is 9.53 Å². The molecule has 8 heteroatoms. The number of carbonyl (C=O) groups is 1. The van der Waals surface area contributed by atoms with Crippen LogP contribution in [0.1, 0.15) is 47.3 Å². The van der Waals surface area contributed by atoms with Gasteiger partial charge in [0.25, 0.3) is 11.5 Å². The number of ether oxygens (including phenoxy) is 1. The Labute approximate surface area is 217 Å². The number of aromatic nitrogens is 2. The van der Waals surface area contributed by atoms with E-state index in [1.54, 1.807) is 29.1 Å². The maximum absolute atomic E-state index is 13.7. The zero-order valence-corrected chi connectivity index (χ0v) is 21.5. The third-order valence-corrected chi connectivity index (χ3v) is 7.15. The molecule has 0 bridgehead atoms. The summed E-state index contributed by atoms with van der Waals surface area (Å²) in [6, 6.07) is 15.8. The number of benzene rings is 2. The van der Waals surface area contributed by atoms with Gasteiger partial charge >= 0.3 is 0 Å². The molecule has 2 heterocycles. The predicted molar refractivity (Wildman–Crippen MR) is 144 cm³/mol. The molecule has 2 fully saturated rings. The quantitative estimate of drug-likeness (QED) is 0.466. The second-order valence-corrected chi connectivity index (χ2v) is 10.1. The van der Waals surface area contributed by atoms with Gasteiger partial charge in [0.05, 0.1) is 24.9 Å². The lowest BCUT2D eigenvalue weighted by atomic mass is 9.93. The van der Waals surface area contributed by atoms with Crippen LogP contribution >= 0.6 is 0 Å². The first-order valence-corrected chi connectivity index (χ1v) is 13.1. The number of nitrogens with one attached hydrogen (secondary N) is 2. The monoisotopic (exact) mass is 501 g/mol. The Hall–Kier alpha value is -3.49. The van der Waals surface area contributed by atoms with Crippen LogP contribution in [0.3, 0.4) is 0 Å². The number of nitrogens with zero attached hydrogens (tertiary/aromatic N) is 3. The molecule has 2 N–H and O–H groups in total. The van der Waals surface area contributed by atoms with E-state index in [1.165, 1.54) is 0 Å². The van der Waals surface area contributed by atoms with Crippen LogP contribution < -0.4 is 16.2 Å². The fourth-order valence-corrected chi connectivity index (χ4v) is 4.87. The SMILES string of the molecule is Cc1ccc(C(=O)NC2CC2)cc1-n1ccnc(N[C@@H](c2ccccc2)[C@@H](C)CN2CCOCC2)c1=O. The zero-order chi connectivity index (χ0) is 25.8. The van der Waals surface area contributed by atoms with Crippen molar-refractivity contribution in [2.75, 3.05) is 38.2 Å². The van der Waals surface area contributed by atoms with Crippen molar-refractivity contribution in [3.8, 4) is 5.69 Å². The largest absolute Gasteiger partial charge is 0.379 e. The van der Waals surface area contributed by atoms with Crippen molar-refractivity contribution in [2.45, 2.75) is 38.8 Å². The summed E-state index contributed by atoms with van der Waals surface area (Å²) in [6.45, 7) is 8.34. The molecule has 0 radical (unpaired) electrons. The number of hydrogen-bond donors (Lipinski definition) is 2. The highest BCUT2D eigenvalue weighted by molar-refractivity contribution is 5.95. The highest BCUT2D eigenvalue weighted by Gasteiger charge is 2.26. The Morgan fingerprint density at radius 1 is 1.14 bits per heavy atom. The Kier molecular flexibility index (Phi) is 7.67. The molecular weight excluding hydrogens is 466 g/mol. The van der Waals surface area contributed by atoms with Gasteiger partial charge in [-0.05, 0) is 48.9 Å². The minimum Gasteiger partial charge on any atom is -0.379 e. The highest BCUT2D eigenvalue weighted by atomic mass is 16.5.